The van der Waals surface area contributed by atoms with Crippen LogP contribution in [0, 0.1) is 6.92 Å². The second kappa shape index (κ2) is 10.6. The Bertz CT molecular complexity index is 1250. The van der Waals surface area contributed by atoms with Crippen LogP contribution in [0.15, 0.2) is 54.6 Å². The molecular weight excluding hydrogens is 486 g/mol. The fourth-order valence-corrected chi connectivity index (χ4v) is 8.08. The van der Waals surface area contributed by atoms with Crippen LogP contribution in [0.2, 0.25) is 0 Å². The highest BCUT2D eigenvalue weighted by Gasteiger charge is 2.44. The molecule has 6 heteroatoms. The minimum absolute atomic E-state index is 0.242. The van der Waals surface area contributed by atoms with Gasteiger partial charge < -0.3 is 14.4 Å². The van der Waals surface area contributed by atoms with Crippen LogP contribution in [0.25, 0.3) is 11.0 Å². The number of hydrogen-bond acceptors (Lipinski definition) is 3. The third-order valence-electron chi connectivity index (χ3n) is 10.0. The molecule has 4 heterocycles. The van der Waals surface area contributed by atoms with Gasteiger partial charge in [-0.1, -0.05) is 42.5 Å². The van der Waals surface area contributed by atoms with Gasteiger partial charge in [-0.3, -0.25) is 4.90 Å². The van der Waals surface area contributed by atoms with Crippen LogP contribution in [0.1, 0.15) is 69.3 Å². The van der Waals surface area contributed by atoms with Gasteiger partial charge in [-0.2, -0.15) is 0 Å². The van der Waals surface area contributed by atoms with Crippen molar-refractivity contribution in [1.29, 1.82) is 0 Å². The first-order valence-electron chi connectivity index (χ1n) is 14.7. The van der Waals surface area contributed by atoms with Crippen molar-refractivity contribution in [3.63, 3.8) is 0 Å². The number of aryl methyl sites for hydroxylation is 1. The summed E-state index contributed by atoms with van der Waals surface area (Å²) in [5.74, 6) is 1.17. The molecule has 0 N–H and O–H groups in total. The molecular formula is C32H43N5S. The minimum Gasteiger partial charge on any atom is -0.352 e. The highest BCUT2D eigenvalue weighted by atomic mass is 32.1. The summed E-state index contributed by atoms with van der Waals surface area (Å²) in [5.41, 5.74) is 4.22. The lowest BCUT2D eigenvalue weighted by molar-refractivity contribution is 0.0883. The van der Waals surface area contributed by atoms with Crippen molar-refractivity contribution >= 4 is 28.4 Å². The molecule has 0 aliphatic carbocycles. The van der Waals surface area contributed by atoms with Gasteiger partial charge in [-0.05, 0) is 101 Å². The van der Waals surface area contributed by atoms with Gasteiger partial charge >= 0.3 is 0 Å². The van der Waals surface area contributed by atoms with Crippen LogP contribution in [0.4, 0.5) is 0 Å². The van der Waals surface area contributed by atoms with Crippen molar-refractivity contribution in [3.8, 4) is 0 Å². The Morgan fingerprint density at radius 3 is 2.32 bits per heavy atom. The van der Waals surface area contributed by atoms with E-state index in [1.807, 2.05) is 0 Å². The number of fused-ring (bicyclic) bond motifs is 3. The number of aromatic nitrogens is 2. The van der Waals surface area contributed by atoms with E-state index in [1.165, 1.54) is 68.4 Å². The molecule has 5 nitrogen and oxygen atoms in total. The Kier molecular flexibility index (Phi) is 7.21. The Morgan fingerprint density at radius 1 is 0.974 bits per heavy atom. The van der Waals surface area contributed by atoms with Gasteiger partial charge in [0.2, 0.25) is 0 Å². The lowest BCUT2D eigenvalue weighted by Gasteiger charge is -2.46. The summed E-state index contributed by atoms with van der Waals surface area (Å²) in [4.78, 5) is 12.4. The molecule has 3 aliphatic heterocycles. The summed E-state index contributed by atoms with van der Waals surface area (Å²) < 4.78 is 2.55. The van der Waals surface area contributed by atoms with E-state index in [0.717, 1.165) is 30.3 Å². The molecule has 1 aromatic heterocycles. The van der Waals surface area contributed by atoms with Gasteiger partial charge in [0.25, 0.3) is 0 Å². The number of para-hydroxylation sites is 2. The molecule has 3 aromatic rings. The van der Waals surface area contributed by atoms with E-state index in [4.69, 9.17) is 17.2 Å². The summed E-state index contributed by atoms with van der Waals surface area (Å²) in [6.45, 7) is 8.65. The maximum Gasteiger partial charge on any atom is 0.171 e. The van der Waals surface area contributed by atoms with Gasteiger partial charge in [0.05, 0.1) is 11.0 Å². The van der Waals surface area contributed by atoms with Gasteiger partial charge in [-0.25, -0.2) is 4.98 Å². The van der Waals surface area contributed by atoms with Crippen LogP contribution in [0.3, 0.4) is 0 Å². The Balaban J connectivity index is 1.17. The monoisotopic (exact) mass is 529 g/mol. The van der Waals surface area contributed by atoms with Crippen molar-refractivity contribution in [2.45, 2.75) is 82.3 Å². The third kappa shape index (κ3) is 4.64. The fraction of sp³-hybridized carbons (Fsp3) is 0.562. The second-order valence-electron chi connectivity index (χ2n) is 11.9. The van der Waals surface area contributed by atoms with E-state index in [0.29, 0.717) is 18.1 Å². The molecule has 0 spiro atoms. The van der Waals surface area contributed by atoms with Crippen LogP contribution in [0.5, 0.6) is 0 Å². The van der Waals surface area contributed by atoms with Gasteiger partial charge in [0.1, 0.15) is 5.82 Å². The SMILES string of the molecule is CCN(C)C(=S)N1CCC(CCN2C3CCC2CC(n2c(C)nc4ccccc42)C3)(c2ccccc2)CC1. The Hall–Kier alpha value is -2.44. The minimum atomic E-state index is 0.242. The Labute approximate surface area is 233 Å². The van der Waals surface area contributed by atoms with Crippen molar-refractivity contribution in [1.82, 2.24) is 24.3 Å². The maximum absolute atomic E-state index is 5.81. The number of nitrogens with zero attached hydrogens (tertiary/aromatic N) is 5. The third-order valence-corrected chi connectivity index (χ3v) is 10.6. The standard InChI is InChI=1S/C32H43N5S/c1-4-34(3)31(38)35-19-16-32(17-20-35,25-10-6-5-7-11-25)18-21-36-26-14-15-27(36)23-28(22-26)37-24(2)33-29-12-8-9-13-30(29)37/h5-13,26-28H,4,14-23H2,1-3H3. The predicted octanol–water partition coefficient (Wildman–Crippen LogP) is 6.17. The molecule has 0 saturated carbocycles. The van der Waals surface area contributed by atoms with Crippen LogP contribution < -0.4 is 0 Å². The molecule has 3 saturated heterocycles. The number of rotatable bonds is 6. The van der Waals surface area contributed by atoms with Crippen LogP contribution >= 0.6 is 12.2 Å². The Morgan fingerprint density at radius 2 is 1.63 bits per heavy atom. The summed E-state index contributed by atoms with van der Waals surface area (Å²) in [6, 6.07) is 22.0. The normalized spacial score (nSPS) is 25.1. The van der Waals surface area contributed by atoms with E-state index in [1.54, 1.807) is 0 Å². The fourth-order valence-electron chi connectivity index (χ4n) is 7.77. The smallest absolute Gasteiger partial charge is 0.171 e. The number of thiocarbonyl (C=S) groups is 1. The summed E-state index contributed by atoms with van der Waals surface area (Å²) in [6.07, 6.45) is 8.80. The largest absolute Gasteiger partial charge is 0.352 e. The van der Waals surface area contributed by atoms with E-state index in [2.05, 4.69) is 94.8 Å². The number of piperidine rings is 2. The average Bonchev–Trinajstić information content (AvgIpc) is 3.42. The van der Waals surface area contributed by atoms with Crippen molar-refractivity contribution in [2.75, 3.05) is 33.2 Å². The first kappa shape index (κ1) is 25.8. The molecule has 3 aliphatic rings. The zero-order chi connectivity index (χ0) is 26.3. The van der Waals surface area contributed by atoms with Crippen molar-refractivity contribution < 1.29 is 0 Å². The molecule has 0 amide bonds. The van der Waals surface area contributed by atoms with Gasteiger partial charge in [-0.15, -0.1) is 0 Å². The molecule has 202 valence electrons. The topological polar surface area (TPSA) is 27.5 Å². The van der Waals surface area contributed by atoms with Crippen LogP contribution in [-0.2, 0) is 5.41 Å². The second-order valence-corrected chi connectivity index (χ2v) is 12.3. The lowest BCUT2D eigenvalue weighted by Crippen LogP contribution is -2.51. The summed E-state index contributed by atoms with van der Waals surface area (Å²) >= 11 is 5.81. The summed E-state index contributed by atoms with van der Waals surface area (Å²) in [5, 5.41) is 1.01. The maximum atomic E-state index is 5.81. The van der Waals surface area contributed by atoms with Gasteiger partial charge in [0.15, 0.2) is 5.11 Å². The first-order valence-corrected chi connectivity index (χ1v) is 15.1. The molecule has 6 rings (SSSR count). The van der Waals surface area contributed by atoms with Crippen molar-refractivity contribution in [3.05, 3.63) is 66.0 Å². The van der Waals surface area contributed by atoms with E-state index >= 15 is 0 Å². The van der Waals surface area contributed by atoms with E-state index in [9.17, 15) is 0 Å². The quantitative estimate of drug-likeness (QED) is 0.356. The highest BCUT2D eigenvalue weighted by molar-refractivity contribution is 7.80. The van der Waals surface area contributed by atoms with Gasteiger partial charge in [0, 0.05) is 44.8 Å². The number of hydrogen-bond donors (Lipinski definition) is 0. The van der Waals surface area contributed by atoms with E-state index < -0.39 is 0 Å². The number of imidazole rings is 1. The van der Waals surface area contributed by atoms with Crippen LogP contribution in [-0.4, -0.2) is 74.7 Å². The molecule has 2 bridgehead atoms. The molecule has 2 atom stereocenters. The average molecular weight is 530 g/mol. The molecule has 38 heavy (non-hydrogen) atoms. The highest BCUT2D eigenvalue weighted by Crippen LogP contribution is 2.45. The zero-order valence-electron chi connectivity index (χ0n) is 23.4. The first-order chi connectivity index (χ1) is 18.5. The number of likely N-dealkylation sites (tertiary alicyclic amines) is 1. The molecule has 3 fully saturated rings. The zero-order valence-corrected chi connectivity index (χ0v) is 24.2. The van der Waals surface area contributed by atoms with Crippen molar-refractivity contribution in [2.24, 2.45) is 0 Å². The lowest BCUT2D eigenvalue weighted by atomic mass is 9.70. The molecule has 0 radical (unpaired) electrons. The summed E-state index contributed by atoms with van der Waals surface area (Å²) in [7, 11) is 2.12. The molecule has 2 unspecified atom stereocenters. The molecule has 2 aromatic carbocycles. The number of benzene rings is 2. The predicted molar refractivity (Wildman–Crippen MR) is 161 cm³/mol. The van der Waals surface area contributed by atoms with E-state index in [-0.39, 0.29) is 5.41 Å².